The highest BCUT2D eigenvalue weighted by Crippen LogP contribution is 2.36. The molecule has 0 spiro atoms. The number of rotatable bonds is 6. The van der Waals surface area contributed by atoms with E-state index in [1.54, 1.807) is 0 Å². The summed E-state index contributed by atoms with van der Waals surface area (Å²) in [5.41, 5.74) is 3.15. The first-order valence-corrected chi connectivity index (χ1v) is 11.5. The summed E-state index contributed by atoms with van der Waals surface area (Å²) in [6.07, 6.45) is 3.91. The number of aliphatic carboxylic acids is 1. The van der Waals surface area contributed by atoms with Crippen molar-refractivity contribution in [2.75, 3.05) is 13.1 Å². The number of carboxylic acid groups (broad SMARTS) is 1. The van der Waals surface area contributed by atoms with Crippen molar-refractivity contribution in [2.45, 2.75) is 44.6 Å². The first-order valence-electron chi connectivity index (χ1n) is 11.5. The third-order valence-electron chi connectivity index (χ3n) is 6.80. The molecule has 168 valence electrons. The van der Waals surface area contributed by atoms with Crippen LogP contribution in [-0.4, -0.2) is 40.9 Å². The van der Waals surface area contributed by atoms with Gasteiger partial charge in [-0.15, -0.1) is 0 Å². The molecule has 0 bridgehead atoms. The molecular formula is C26H30N2O4. The van der Waals surface area contributed by atoms with Crippen LogP contribution in [0.15, 0.2) is 54.6 Å². The molecule has 2 aliphatic rings. The summed E-state index contributed by atoms with van der Waals surface area (Å²) >= 11 is 0. The van der Waals surface area contributed by atoms with Crippen molar-refractivity contribution in [3.8, 4) is 0 Å². The summed E-state index contributed by atoms with van der Waals surface area (Å²) < 4.78 is 0. The highest BCUT2D eigenvalue weighted by molar-refractivity contribution is 5.85. The van der Waals surface area contributed by atoms with Crippen molar-refractivity contribution in [1.82, 2.24) is 10.2 Å². The van der Waals surface area contributed by atoms with Crippen molar-refractivity contribution < 1.29 is 19.5 Å². The van der Waals surface area contributed by atoms with Crippen molar-refractivity contribution in [1.29, 1.82) is 0 Å². The van der Waals surface area contributed by atoms with Gasteiger partial charge in [0.2, 0.25) is 11.8 Å². The number of hydrogen-bond donors (Lipinski definition) is 2. The van der Waals surface area contributed by atoms with E-state index in [0.29, 0.717) is 25.9 Å². The lowest BCUT2D eigenvalue weighted by molar-refractivity contribution is -0.153. The topological polar surface area (TPSA) is 86.7 Å². The predicted octanol–water partition coefficient (Wildman–Crippen LogP) is 3.36. The number of amides is 2. The van der Waals surface area contributed by atoms with Crippen LogP contribution in [0.4, 0.5) is 0 Å². The molecule has 6 heteroatoms. The lowest BCUT2D eigenvalue weighted by Gasteiger charge is -2.41. The second kappa shape index (κ2) is 9.98. The first kappa shape index (κ1) is 22.1. The van der Waals surface area contributed by atoms with E-state index in [9.17, 15) is 19.5 Å². The fourth-order valence-corrected chi connectivity index (χ4v) is 5.12. The molecular weight excluding hydrogens is 404 g/mol. The van der Waals surface area contributed by atoms with E-state index >= 15 is 0 Å². The summed E-state index contributed by atoms with van der Waals surface area (Å²) in [6.45, 7) is 0.858. The summed E-state index contributed by atoms with van der Waals surface area (Å²) in [7, 11) is 0. The van der Waals surface area contributed by atoms with Crippen molar-refractivity contribution in [2.24, 2.45) is 11.8 Å². The molecule has 0 aromatic heterocycles. The fourth-order valence-electron chi connectivity index (χ4n) is 5.12. The SMILES string of the molecule is O=C(Cc1ccccc1)NCC1c2ccccc2CCN1C(=O)C1CCCCC1C(=O)O. The minimum Gasteiger partial charge on any atom is -0.481 e. The molecule has 0 saturated heterocycles. The molecule has 1 saturated carbocycles. The van der Waals surface area contributed by atoms with E-state index in [1.165, 1.54) is 5.56 Å². The van der Waals surface area contributed by atoms with Gasteiger partial charge in [-0.1, -0.05) is 67.4 Å². The smallest absolute Gasteiger partial charge is 0.307 e. The van der Waals surface area contributed by atoms with Crippen molar-refractivity contribution in [3.63, 3.8) is 0 Å². The minimum absolute atomic E-state index is 0.0890. The van der Waals surface area contributed by atoms with Crippen molar-refractivity contribution >= 4 is 17.8 Å². The van der Waals surface area contributed by atoms with Gasteiger partial charge >= 0.3 is 5.97 Å². The Morgan fingerprint density at radius 1 is 0.938 bits per heavy atom. The summed E-state index contributed by atoms with van der Waals surface area (Å²) in [6, 6.07) is 17.3. The Morgan fingerprint density at radius 2 is 1.62 bits per heavy atom. The van der Waals surface area contributed by atoms with Crippen LogP contribution >= 0.6 is 0 Å². The average molecular weight is 435 g/mol. The van der Waals surface area contributed by atoms with Crippen LogP contribution < -0.4 is 5.32 Å². The molecule has 3 unspecified atom stereocenters. The van der Waals surface area contributed by atoms with Gasteiger partial charge in [-0.2, -0.15) is 0 Å². The van der Waals surface area contributed by atoms with Gasteiger partial charge in [0.25, 0.3) is 0 Å². The van der Waals surface area contributed by atoms with Crippen LogP contribution in [0, 0.1) is 11.8 Å². The number of nitrogens with one attached hydrogen (secondary N) is 1. The Morgan fingerprint density at radius 3 is 2.38 bits per heavy atom. The van der Waals surface area contributed by atoms with E-state index in [1.807, 2.05) is 53.4 Å². The number of benzene rings is 2. The second-order valence-electron chi connectivity index (χ2n) is 8.80. The van der Waals surface area contributed by atoms with Gasteiger partial charge in [0.05, 0.1) is 24.3 Å². The fraction of sp³-hybridized carbons (Fsp3) is 0.423. The third-order valence-corrected chi connectivity index (χ3v) is 6.80. The number of carbonyl (C=O) groups excluding carboxylic acids is 2. The molecule has 32 heavy (non-hydrogen) atoms. The molecule has 1 fully saturated rings. The summed E-state index contributed by atoms with van der Waals surface area (Å²) in [5.74, 6) is -2.18. The van der Waals surface area contributed by atoms with Gasteiger partial charge < -0.3 is 15.3 Å². The zero-order valence-electron chi connectivity index (χ0n) is 18.2. The zero-order chi connectivity index (χ0) is 22.5. The predicted molar refractivity (Wildman–Crippen MR) is 121 cm³/mol. The van der Waals surface area contributed by atoms with E-state index < -0.39 is 17.8 Å². The third kappa shape index (κ3) is 4.85. The Kier molecular flexibility index (Phi) is 6.88. The highest BCUT2D eigenvalue weighted by Gasteiger charge is 2.41. The van der Waals surface area contributed by atoms with Crippen LogP contribution in [-0.2, 0) is 27.2 Å². The van der Waals surface area contributed by atoms with Gasteiger partial charge in [0.15, 0.2) is 0 Å². The Balaban J connectivity index is 1.52. The molecule has 2 aromatic rings. The average Bonchev–Trinajstić information content (AvgIpc) is 2.82. The molecule has 2 amide bonds. The quantitative estimate of drug-likeness (QED) is 0.730. The van der Waals surface area contributed by atoms with Gasteiger partial charge in [-0.25, -0.2) is 0 Å². The normalized spacial score (nSPS) is 22.6. The number of carboxylic acids is 1. The molecule has 1 aliphatic carbocycles. The van der Waals surface area contributed by atoms with E-state index in [-0.39, 0.29) is 24.3 Å². The summed E-state index contributed by atoms with van der Waals surface area (Å²) in [5, 5.41) is 12.7. The Hall–Kier alpha value is -3.15. The van der Waals surface area contributed by atoms with Crippen LogP contribution in [0.3, 0.4) is 0 Å². The maximum atomic E-state index is 13.6. The zero-order valence-corrected chi connectivity index (χ0v) is 18.2. The van der Waals surface area contributed by atoms with Crippen LogP contribution in [0.2, 0.25) is 0 Å². The van der Waals surface area contributed by atoms with Crippen LogP contribution in [0.25, 0.3) is 0 Å². The molecule has 1 aliphatic heterocycles. The molecule has 3 atom stereocenters. The lowest BCUT2D eigenvalue weighted by atomic mass is 9.77. The Labute approximate surface area is 188 Å². The molecule has 2 aromatic carbocycles. The number of carbonyl (C=O) groups is 3. The molecule has 0 radical (unpaired) electrons. The lowest BCUT2D eigenvalue weighted by Crippen LogP contribution is -2.49. The maximum Gasteiger partial charge on any atom is 0.307 e. The van der Waals surface area contributed by atoms with Crippen molar-refractivity contribution in [3.05, 3.63) is 71.3 Å². The maximum absolute atomic E-state index is 13.6. The second-order valence-corrected chi connectivity index (χ2v) is 8.80. The molecule has 6 nitrogen and oxygen atoms in total. The van der Waals surface area contributed by atoms with Gasteiger partial charge in [-0.05, 0) is 36.0 Å². The summed E-state index contributed by atoms with van der Waals surface area (Å²) in [4.78, 5) is 39.8. The van der Waals surface area contributed by atoms with Crippen LogP contribution in [0.5, 0.6) is 0 Å². The monoisotopic (exact) mass is 434 g/mol. The number of hydrogen-bond acceptors (Lipinski definition) is 3. The first-order chi connectivity index (χ1) is 15.5. The Bertz CT molecular complexity index is 975. The van der Waals surface area contributed by atoms with Gasteiger partial charge in [0, 0.05) is 13.1 Å². The minimum atomic E-state index is -0.881. The number of nitrogens with zero attached hydrogens (tertiary/aromatic N) is 1. The number of fused-ring (bicyclic) bond motifs is 1. The largest absolute Gasteiger partial charge is 0.481 e. The van der Waals surface area contributed by atoms with E-state index in [0.717, 1.165) is 30.4 Å². The van der Waals surface area contributed by atoms with Crippen LogP contribution in [0.1, 0.15) is 48.4 Å². The van der Waals surface area contributed by atoms with E-state index in [4.69, 9.17) is 0 Å². The van der Waals surface area contributed by atoms with Gasteiger partial charge in [0.1, 0.15) is 0 Å². The highest BCUT2D eigenvalue weighted by atomic mass is 16.4. The standard InChI is InChI=1S/C26H30N2O4/c29-24(16-18-8-2-1-3-9-18)27-17-23-20-11-5-4-10-19(20)14-15-28(23)25(30)21-12-6-7-13-22(21)26(31)32/h1-5,8-11,21-23H,6-7,12-17H2,(H,27,29)(H,31,32). The van der Waals surface area contributed by atoms with E-state index in [2.05, 4.69) is 11.4 Å². The molecule has 4 rings (SSSR count). The van der Waals surface area contributed by atoms with Gasteiger partial charge in [-0.3, -0.25) is 14.4 Å². The molecule has 2 N–H and O–H groups in total. The molecule has 1 heterocycles.